The van der Waals surface area contributed by atoms with Gasteiger partial charge in [-0.2, -0.15) is 0 Å². The van der Waals surface area contributed by atoms with Crippen molar-refractivity contribution in [2.45, 2.75) is 78.8 Å². The molecular formula is C13H31P. The van der Waals surface area contributed by atoms with Crippen molar-refractivity contribution in [3.05, 3.63) is 0 Å². The summed E-state index contributed by atoms with van der Waals surface area (Å²) < 4.78 is 0. The molecule has 0 amide bonds. The molecule has 0 saturated heterocycles. The molecule has 1 heteroatoms. The Morgan fingerprint density at radius 1 is 1.00 bits per heavy atom. The Kier molecular flexibility index (Phi) is 13.8. The summed E-state index contributed by atoms with van der Waals surface area (Å²) in [6.07, 6.45) is 8.61. The minimum absolute atomic E-state index is 0.871. The number of rotatable bonds is 4. The van der Waals surface area contributed by atoms with Crippen LogP contribution < -0.4 is 0 Å². The zero-order valence-electron chi connectivity index (χ0n) is 11.2. The summed E-state index contributed by atoms with van der Waals surface area (Å²) >= 11 is 0. The van der Waals surface area contributed by atoms with Crippen LogP contribution in [0.3, 0.4) is 0 Å². The van der Waals surface area contributed by atoms with Crippen LogP contribution in [0.15, 0.2) is 0 Å². The first-order valence-electron chi connectivity index (χ1n) is 6.49. The van der Waals surface area contributed by atoms with Gasteiger partial charge in [-0.25, -0.2) is 0 Å². The van der Waals surface area contributed by atoms with Crippen LogP contribution >= 0.6 is 8.58 Å². The minimum Gasteiger partial charge on any atom is -0.116 e. The van der Waals surface area contributed by atoms with E-state index in [1.54, 1.807) is 0 Å². The first-order chi connectivity index (χ1) is 6.74. The van der Waals surface area contributed by atoms with Crippen molar-refractivity contribution in [1.82, 2.24) is 0 Å². The van der Waals surface area contributed by atoms with Gasteiger partial charge in [0.05, 0.1) is 0 Å². The van der Waals surface area contributed by atoms with Crippen molar-refractivity contribution in [2.24, 2.45) is 0 Å². The summed E-state index contributed by atoms with van der Waals surface area (Å²) in [5.74, 6) is 0. The summed E-state index contributed by atoms with van der Waals surface area (Å²) in [5.41, 5.74) is 0. The van der Waals surface area contributed by atoms with Gasteiger partial charge in [0.2, 0.25) is 0 Å². The predicted octanol–water partition coefficient (Wildman–Crippen LogP) is 5.46. The van der Waals surface area contributed by atoms with Crippen molar-refractivity contribution in [1.29, 1.82) is 0 Å². The van der Waals surface area contributed by atoms with Gasteiger partial charge in [-0.3, -0.25) is 0 Å². The lowest BCUT2D eigenvalue weighted by Crippen LogP contribution is -1.97. The fourth-order valence-corrected chi connectivity index (χ4v) is 2.71. The molecule has 0 aliphatic heterocycles. The van der Waals surface area contributed by atoms with Crippen LogP contribution in [0.4, 0.5) is 0 Å². The lowest BCUT2D eigenvalue weighted by Gasteiger charge is -2.09. The van der Waals surface area contributed by atoms with E-state index >= 15 is 0 Å². The van der Waals surface area contributed by atoms with Gasteiger partial charge in [0.15, 0.2) is 0 Å². The van der Waals surface area contributed by atoms with Gasteiger partial charge < -0.3 is 0 Å². The zero-order chi connectivity index (χ0) is 11.4. The maximum atomic E-state index is 2.34. The Morgan fingerprint density at radius 3 is 1.64 bits per heavy atom. The molecule has 0 aromatic carbocycles. The lowest BCUT2D eigenvalue weighted by molar-refractivity contribution is 0.841. The third kappa shape index (κ3) is 9.00. The maximum Gasteiger partial charge on any atom is -0.0124 e. The second kappa shape index (κ2) is 11.5. The van der Waals surface area contributed by atoms with Gasteiger partial charge in [-0.15, -0.1) is 8.58 Å². The molecule has 1 aliphatic carbocycles. The third-order valence-corrected chi connectivity index (χ3v) is 4.63. The number of hydrogen-bond acceptors (Lipinski definition) is 0. The monoisotopic (exact) mass is 218 g/mol. The summed E-state index contributed by atoms with van der Waals surface area (Å²) in [5, 5.41) is 0.871. The first kappa shape index (κ1) is 16.8. The molecular weight excluding hydrogens is 187 g/mol. The van der Waals surface area contributed by atoms with Gasteiger partial charge in [0.1, 0.15) is 0 Å². The number of hydrogen-bond donors (Lipinski definition) is 0. The van der Waals surface area contributed by atoms with E-state index in [9.17, 15) is 0 Å². The summed E-state index contributed by atoms with van der Waals surface area (Å²) in [6, 6.07) is 0. The van der Waals surface area contributed by atoms with E-state index in [1.165, 1.54) is 46.8 Å². The molecule has 1 saturated carbocycles. The van der Waals surface area contributed by atoms with Crippen LogP contribution in [0.2, 0.25) is 0 Å². The Balaban J connectivity index is 0. The van der Waals surface area contributed by atoms with Crippen LogP contribution in [-0.2, 0) is 0 Å². The van der Waals surface area contributed by atoms with Crippen molar-refractivity contribution >= 4 is 8.58 Å². The molecule has 1 rings (SSSR count). The highest BCUT2D eigenvalue weighted by Crippen LogP contribution is 2.54. The SMILES string of the molecule is CC.CCC.CCCPC1(CC)CC1. The summed E-state index contributed by atoms with van der Waals surface area (Å²) in [4.78, 5) is 0. The fraction of sp³-hybridized carbons (Fsp3) is 1.00. The molecule has 0 radical (unpaired) electrons. The van der Waals surface area contributed by atoms with Crippen molar-refractivity contribution in [2.75, 3.05) is 6.16 Å². The maximum absolute atomic E-state index is 2.34. The second-order valence-corrected chi connectivity index (χ2v) is 5.68. The van der Waals surface area contributed by atoms with E-state index in [4.69, 9.17) is 0 Å². The van der Waals surface area contributed by atoms with Crippen molar-refractivity contribution in [3.8, 4) is 0 Å². The van der Waals surface area contributed by atoms with Crippen LogP contribution in [0.25, 0.3) is 0 Å². The van der Waals surface area contributed by atoms with E-state index in [0.717, 1.165) is 5.16 Å². The van der Waals surface area contributed by atoms with E-state index in [0.29, 0.717) is 0 Å². The van der Waals surface area contributed by atoms with E-state index in [-0.39, 0.29) is 0 Å². The van der Waals surface area contributed by atoms with Crippen LogP contribution in [0.1, 0.15) is 73.6 Å². The molecule has 0 bridgehead atoms. The molecule has 14 heavy (non-hydrogen) atoms. The topological polar surface area (TPSA) is 0 Å². The second-order valence-electron chi connectivity index (χ2n) is 3.77. The van der Waals surface area contributed by atoms with Gasteiger partial charge in [0, 0.05) is 0 Å². The molecule has 0 N–H and O–H groups in total. The first-order valence-corrected chi connectivity index (χ1v) is 7.70. The normalized spacial score (nSPS) is 16.7. The summed E-state index contributed by atoms with van der Waals surface area (Å²) in [6.45, 7) is 12.9. The van der Waals surface area contributed by atoms with Gasteiger partial charge >= 0.3 is 0 Å². The molecule has 1 atom stereocenters. The molecule has 1 unspecified atom stereocenters. The largest absolute Gasteiger partial charge is 0.116 e. The Morgan fingerprint density at radius 2 is 1.43 bits per heavy atom. The van der Waals surface area contributed by atoms with E-state index in [1.807, 2.05) is 13.8 Å². The van der Waals surface area contributed by atoms with Gasteiger partial charge in [-0.05, 0) is 30.6 Å². The molecule has 0 aromatic rings. The average molecular weight is 218 g/mol. The van der Waals surface area contributed by atoms with Gasteiger partial charge in [0.25, 0.3) is 0 Å². The lowest BCUT2D eigenvalue weighted by atomic mass is 10.3. The molecule has 0 heterocycles. The smallest absolute Gasteiger partial charge is 0.0124 e. The third-order valence-electron chi connectivity index (χ3n) is 2.28. The summed E-state index contributed by atoms with van der Waals surface area (Å²) in [7, 11) is 1.27. The van der Waals surface area contributed by atoms with Gasteiger partial charge in [-0.1, -0.05) is 54.4 Å². The minimum atomic E-state index is 0.871. The standard InChI is InChI=1S/C8H17P.C3H8.C2H6/c1-3-7-9-8(4-2)5-6-8;1-3-2;1-2/h9H,3-7H2,1-2H3;3H2,1-2H3;1-2H3. The fourth-order valence-electron chi connectivity index (χ4n) is 1.20. The average Bonchev–Trinajstić information content (AvgIpc) is 3.00. The zero-order valence-corrected chi connectivity index (χ0v) is 12.2. The highest BCUT2D eigenvalue weighted by atomic mass is 31.1. The molecule has 88 valence electrons. The molecule has 0 aromatic heterocycles. The highest BCUT2D eigenvalue weighted by molar-refractivity contribution is 7.40. The van der Waals surface area contributed by atoms with Crippen molar-refractivity contribution < 1.29 is 0 Å². The van der Waals surface area contributed by atoms with Crippen LogP contribution in [-0.4, -0.2) is 11.3 Å². The Hall–Kier alpha value is 0.430. The molecule has 1 fully saturated rings. The quantitative estimate of drug-likeness (QED) is 0.550. The highest BCUT2D eigenvalue weighted by Gasteiger charge is 2.39. The molecule has 1 aliphatic rings. The Bertz CT molecular complexity index is 95.4. The van der Waals surface area contributed by atoms with Crippen molar-refractivity contribution in [3.63, 3.8) is 0 Å². The Labute approximate surface area is 94.0 Å². The molecule has 0 spiro atoms. The van der Waals surface area contributed by atoms with Crippen LogP contribution in [0, 0.1) is 0 Å². The van der Waals surface area contributed by atoms with Crippen LogP contribution in [0.5, 0.6) is 0 Å². The predicted molar refractivity (Wildman–Crippen MR) is 73.0 cm³/mol. The van der Waals surface area contributed by atoms with E-state index in [2.05, 4.69) is 27.7 Å². The molecule has 0 nitrogen and oxygen atoms in total. The van der Waals surface area contributed by atoms with E-state index < -0.39 is 0 Å².